The van der Waals surface area contributed by atoms with E-state index in [1.54, 1.807) is 25.6 Å². The average Bonchev–Trinajstić information content (AvgIpc) is 3.25. The van der Waals surface area contributed by atoms with Crippen LogP contribution in [-0.2, 0) is 19.7 Å². The fourth-order valence-corrected chi connectivity index (χ4v) is 5.67. The van der Waals surface area contributed by atoms with Crippen molar-refractivity contribution in [1.29, 1.82) is 0 Å². The zero-order valence-corrected chi connectivity index (χ0v) is 19.2. The number of carbonyl (C=O) groups excluding carboxylic acids is 1. The van der Waals surface area contributed by atoms with Crippen LogP contribution in [0.3, 0.4) is 0 Å². The number of ether oxygens (including phenoxy) is 2. The summed E-state index contributed by atoms with van der Waals surface area (Å²) < 4.78 is 41.1. The summed E-state index contributed by atoms with van der Waals surface area (Å²) in [5.74, 6) is 0.320. The van der Waals surface area contributed by atoms with Crippen LogP contribution in [-0.4, -0.2) is 79.0 Å². The molecule has 10 nitrogen and oxygen atoms in total. The molecule has 1 N–H and O–H groups in total. The maximum atomic E-state index is 12.9. The van der Waals surface area contributed by atoms with E-state index < -0.39 is 10.2 Å². The Bertz CT molecular complexity index is 1060. The number of hydrogen-bond acceptors (Lipinski definition) is 6. The molecule has 0 spiro atoms. The molecule has 4 rings (SSSR count). The average molecular weight is 464 g/mol. The molecule has 1 aromatic carbocycles. The molecule has 1 aromatic heterocycles. The van der Waals surface area contributed by atoms with E-state index in [1.807, 2.05) is 23.8 Å². The Morgan fingerprint density at radius 3 is 2.47 bits per heavy atom. The number of methoxy groups -OCH3 is 1. The minimum atomic E-state index is -3.50. The zero-order valence-electron chi connectivity index (χ0n) is 18.4. The predicted octanol–water partition coefficient (Wildman–Crippen LogP) is 1.42. The number of rotatable bonds is 6. The Morgan fingerprint density at radius 2 is 1.84 bits per heavy atom. The van der Waals surface area contributed by atoms with Crippen LogP contribution in [0.25, 0.3) is 5.69 Å². The highest BCUT2D eigenvalue weighted by atomic mass is 32.2. The number of morpholine rings is 1. The Morgan fingerprint density at radius 1 is 1.16 bits per heavy atom. The maximum Gasteiger partial charge on any atom is 0.282 e. The van der Waals surface area contributed by atoms with Gasteiger partial charge in [0, 0.05) is 44.0 Å². The first kappa shape index (κ1) is 22.7. The van der Waals surface area contributed by atoms with Crippen molar-refractivity contribution in [3.63, 3.8) is 0 Å². The Hall–Kier alpha value is -2.47. The molecule has 0 bridgehead atoms. The second-order valence-corrected chi connectivity index (χ2v) is 9.92. The van der Waals surface area contributed by atoms with Crippen LogP contribution in [0.2, 0.25) is 0 Å². The fourth-order valence-electron chi connectivity index (χ4n) is 4.06. The number of benzene rings is 1. The van der Waals surface area contributed by atoms with Crippen molar-refractivity contribution in [2.75, 3.05) is 51.8 Å². The molecule has 0 saturated carbocycles. The molecule has 32 heavy (non-hydrogen) atoms. The van der Waals surface area contributed by atoms with Gasteiger partial charge in [-0.2, -0.15) is 17.0 Å². The quantitative estimate of drug-likeness (QED) is 0.695. The van der Waals surface area contributed by atoms with Gasteiger partial charge >= 0.3 is 0 Å². The van der Waals surface area contributed by atoms with Crippen molar-refractivity contribution in [2.24, 2.45) is 5.92 Å². The SMILES string of the molecule is COc1ccc(NC(=O)C2CCN(S(=O)(=O)N3CCOCC3)CC2)cc1-n1cnc(C)c1. The molecule has 3 heterocycles. The molecule has 1 amide bonds. The largest absolute Gasteiger partial charge is 0.495 e. The van der Waals surface area contributed by atoms with Crippen molar-refractivity contribution in [3.05, 3.63) is 36.4 Å². The van der Waals surface area contributed by atoms with Gasteiger partial charge in [-0.1, -0.05) is 0 Å². The number of hydrogen-bond donors (Lipinski definition) is 1. The molecule has 0 atom stereocenters. The van der Waals surface area contributed by atoms with Gasteiger partial charge in [-0.3, -0.25) is 4.79 Å². The highest BCUT2D eigenvalue weighted by Gasteiger charge is 2.35. The molecule has 11 heteroatoms. The number of imidazole rings is 1. The maximum absolute atomic E-state index is 12.9. The third kappa shape index (κ3) is 4.80. The molecule has 0 unspecified atom stereocenters. The standard InChI is InChI=1S/C21H29N5O5S/c1-16-14-24(15-22-16)19-13-18(3-4-20(19)30-2)23-21(27)17-5-7-25(8-6-17)32(28,29)26-9-11-31-12-10-26/h3-4,13-15,17H,5-12H2,1-2H3,(H,23,27). The van der Waals surface area contributed by atoms with E-state index in [0.717, 1.165) is 11.4 Å². The summed E-state index contributed by atoms with van der Waals surface area (Å²) in [4.78, 5) is 17.1. The highest BCUT2D eigenvalue weighted by Crippen LogP contribution is 2.28. The lowest BCUT2D eigenvalue weighted by Gasteiger charge is -2.35. The van der Waals surface area contributed by atoms with Gasteiger partial charge in [0.15, 0.2) is 0 Å². The molecular weight excluding hydrogens is 434 g/mol. The summed E-state index contributed by atoms with van der Waals surface area (Å²) in [5.41, 5.74) is 2.30. The molecular formula is C21H29N5O5S. The Balaban J connectivity index is 1.39. The second kappa shape index (κ2) is 9.57. The van der Waals surface area contributed by atoms with Gasteiger partial charge in [0.2, 0.25) is 5.91 Å². The topological polar surface area (TPSA) is 106 Å². The monoisotopic (exact) mass is 463 g/mol. The van der Waals surface area contributed by atoms with Crippen molar-refractivity contribution in [1.82, 2.24) is 18.2 Å². The first-order valence-electron chi connectivity index (χ1n) is 10.7. The van der Waals surface area contributed by atoms with E-state index in [2.05, 4.69) is 10.3 Å². The van der Waals surface area contributed by atoms with Gasteiger partial charge in [-0.15, -0.1) is 0 Å². The number of anilines is 1. The minimum Gasteiger partial charge on any atom is -0.495 e. The van der Waals surface area contributed by atoms with Gasteiger partial charge < -0.3 is 19.4 Å². The van der Waals surface area contributed by atoms with E-state index in [1.165, 1.54) is 8.61 Å². The summed E-state index contributed by atoms with van der Waals surface area (Å²) in [6, 6.07) is 5.44. The van der Waals surface area contributed by atoms with E-state index in [4.69, 9.17) is 9.47 Å². The third-order valence-corrected chi connectivity index (χ3v) is 7.92. The first-order valence-corrected chi connectivity index (χ1v) is 12.1. The van der Waals surface area contributed by atoms with Crippen LogP contribution in [0.15, 0.2) is 30.7 Å². The minimum absolute atomic E-state index is 0.105. The van der Waals surface area contributed by atoms with Crippen LogP contribution in [0.1, 0.15) is 18.5 Å². The van der Waals surface area contributed by atoms with Crippen molar-refractivity contribution < 1.29 is 22.7 Å². The third-order valence-electron chi connectivity index (χ3n) is 5.88. The predicted molar refractivity (Wildman–Crippen MR) is 119 cm³/mol. The summed E-state index contributed by atoms with van der Waals surface area (Å²) in [5, 5.41) is 2.97. The molecule has 2 saturated heterocycles. The van der Waals surface area contributed by atoms with E-state index >= 15 is 0 Å². The van der Waals surface area contributed by atoms with Crippen LogP contribution in [0.5, 0.6) is 5.75 Å². The van der Waals surface area contributed by atoms with Crippen molar-refractivity contribution in [2.45, 2.75) is 19.8 Å². The molecule has 2 fully saturated rings. The number of aromatic nitrogens is 2. The lowest BCUT2D eigenvalue weighted by molar-refractivity contribution is -0.120. The van der Waals surface area contributed by atoms with Gasteiger partial charge in [-0.05, 0) is 38.0 Å². The van der Waals surface area contributed by atoms with Crippen LogP contribution >= 0.6 is 0 Å². The fraction of sp³-hybridized carbons (Fsp3) is 0.524. The molecule has 0 aliphatic carbocycles. The smallest absolute Gasteiger partial charge is 0.282 e. The van der Waals surface area contributed by atoms with E-state index in [9.17, 15) is 13.2 Å². The van der Waals surface area contributed by atoms with E-state index in [-0.39, 0.29) is 11.8 Å². The normalized spacial score (nSPS) is 19.1. The molecule has 174 valence electrons. The van der Waals surface area contributed by atoms with Crippen LogP contribution in [0, 0.1) is 12.8 Å². The summed E-state index contributed by atoms with van der Waals surface area (Å²) in [6.07, 6.45) is 4.55. The van der Waals surface area contributed by atoms with Crippen LogP contribution < -0.4 is 10.1 Å². The lowest BCUT2D eigenvalue weighted by Crippen LogP contribution is -2.51. The van der Waals surface area contributed by atoms with Gasteiger partial charge in [0.1, 0.15) is 5.75 Å². The Kier molecular flexibility index (Phi) is 6.79. The number of piperidine rings is 1. The van der Waals surface area contributed by atoms with Crippen molar-refractivity contribution in [3.8, 4) is 11.4 Å². The van der Waals surface area contributed by atoms with Gasteiger partial charge in [0.05, 0.1) is 38.0 Å². The van der Waals surface area contributed by atoms with Gasteiger partial charge in [-0.25, -0.2) is 4.98 Å². The van der Waals surface area contributed by atoms with Crippen LogP contribution in [0.4, 0.5) is 5.69 Å². The van der Waals surface area contributed by atoms with E-state index in [0.29, 0.717) is 63.7 Å². The molecule has 2 aliphatic heterocycles. The molecule has 2 aromatic rings. The molecule has 2 aliphatic rings. The Labute approximate surface area is 188 Å². The molecule has 0 radical (unpaired) electrons. The number of nitrogens with one attached hydrogen (secondary N) is 1. The number of carbonyl (C=O) groups is 1. The highest BCUT2D eigenvalue weighted by molar-refractivity contribution is 7.86. The van der Waals surface area contributed by atoms with Crippen molar-refractivity contribution >= 4 is 21.8 Å². The number of aryl methyl sites for hydroxylation is 1. The number of amides is 1. The lowest BCUT2D eigenvalue weighted by atomic mass is 9.97. The second-order valence-electron chi connectivity index (χ2n) is 7.99. The summed E-state index contributed by atoms with van der Waals surface area (Å²) in [6.45, 7) is 4.15. The number of nitrogens with zero attached hydrogens (tertiary/aromatic N) is 4. The zero-order chi connectivity index (χ0) is 22.7. The summed E-state index contributed by atoms with van der Waals surface area (Å²) >= 11 is 0. The summed E-state index contributed by atoms with van der Waals surface area (Å²) in [7, 11) is -1.91. The van der Waals surface area contributed by atoms with Gasteiger partial charge in [0.25, 0.3) is 10.2 Å². The first-order chi connectivity index (χ1) is 15.4.